The maximum absolute atomic E-state index is 16.4. The van der Waals surface area contributed by atoms with E-state index in [1.54, 1.807) is 53.1 Å². The van der Waals surface area contributed by atoms with Crippen LogP contribution in [0.25, 0.3) is 134 Å². The maximum atomic E-state index is 16.4. The van der Waals surface area contributed by atoms with Gasteiger partial charge < -0.3 is 9.13 Å². The van der Waals surface area contributed by atoms with E-state index in [1.165, 1.54) is 22.8 Å². The van der Waals surface area contributed by atoms with Crippen LogP contribution in [0.4, 0.5) is 26.3 Å². The second-order valence-electron chi connectivity index (χ2n) is 19.7. The molecule has 0 aliphatic carbocycles. The fourth-order valence-electron chi connectivity index (χ4n) is 10.9. The summed E-state index contributed by atoms with van der Waals surface area (Å²) < 4.78 is 96.8. The maximum Gasteiger partial charge on any atom is 0.418 e. The molecule has 0 aliphatic heterocycles. The van der Waals surface area contributed by atoms with Crippen LogP contribution in [0.5, 0.6) is 0 Å². The number of fused-ring (bicyclic) bond motifs is 6. The van der Waals surface area contributed by atoms with E-state index in [1.807, 2.05) is 158 Å². The van der Waals surface area contributed by atoms with Crippen LogP contribution in [0.1, 0.15) is 11.1 Å². The topological polar surface area (TPSA) is 87.2 Å². The van der Waals surface area contributed by atoms with Gasteiger partial charge in [0.15, 0.2) is 34.9 Å². The van der Waals surface area contributed by atoms with Gasteiger partial charge in [0.2, 0.25) is 0 Å². The van der Waals surface area contributed by atoms with Crippen molar-refractivity contribution in [2.75, 3.05) is 0 Å². The SMILES string of the molecule is FC(F)(F)c1cccc(-c2cc(-n3c4ccccc4c4cc(-c5nc(-c6ccccc6)nc(-c6ccccc6)n5)ccc43)c(C(F)(F)F)cc2-n2c3ccccc3c3cc(-c4nc(-c5ccccc5)nc(-c5ccccc5)n4)ccc32)c1. The number of hydrogen-bond acceptors (Lipinski definition) is 6. The van der Waals surface area contributed by atoms with E-state index in [-0.39, 0.29) is 22.5 Å². The summed E-state index contributed by atoms with van der Waals surface area (Å²) in [4.78, 5) is 29.4. The van der Waals surface area contributed by atoms with E-state index in [4.69, 9.17) is 29.9 Å². The largest absolute Gasteiger partial charge is 0.418 e. The predicted octanol–water partition coefficient (Wildman–Crippen LogP) is 18.0. The molecule has 0 aliphatic rings. The minimum absolute atomic E-state index is 0.00793. The first-order chi connectivity index (χ1) is 39.9. The van der Waals surface area contributed by atoms with E-state index < -0.39 is 23.5 Å². The molecule has 0 radical (unpaired) electrons. The van der Waals surface area contributed by atoms with Crippen molar-refractivity contribution in [2.24, 2.45) is 0 Å². The summed E-state index contributed by atoms with van der Waals surface area (Å²) in [7, 11) is 0. The summed E-state index contributed by atoms with van der Waals surface area (Å²) in [6.07, 6.45) is -9.76. The van der Waals surface area contributed by atoms with Crippen molar-refractivity contribution < 1.29 is 26.3 Å². The molecule has 0 N–H and O–H groups in total. The summed E-state index contributed by atoms with van der Waals surface area (Å²) in [5.41, 5.74) is 4.03. The molecule has 0 bridgehead atoms. The lowest BCUT2D eigenvalue weighted by Gasteiger charge is -2.22. The lowest BCUT2D eigenvalue weighted by atomic mass is 9.97. The van der Waals surface area contributed by atoms with Crippen LogP contribution in [-0.2, 0) is 12.4 Å². The van der Waals surface area contributed by atoms with E-state index in [9.17, 15) is 13.2 Å². The molecule has 82 heavy (non-hydrogen) atoms. The van der Waals surface area contributed by atoms with Gasteiger partial charge in [-0.1, -0.05) is 170 Å². The zero-order valence-corrected chi connectivity index (χ0v) is 42.9. The van der Waals surface area contributed by atoms with Crippen LogP contribution in [-0.4, -0.2) is 39.0 Å². The highest BCUT2D eigenvalue weighted by Gasteiger charge is 2.38. The standard InChI is InChI=1S/C68H40F6N8/c69-67(70,71)48-27-17-26-45(36-48)51-39-60(82-56-31-16-14-29-50(56)53-38-47(33-35-58(53)82)66-79-63(43-22-9-3-10-23-43)76-64(80-66)44-24-11-4-12-25-44)54(68(72,73)74)40-59(51)81-55-30-15-13-28-49(55)52-37-46(32-34-57(52)81)65-77-61(41-18-5-1-6-19-41)75-62(78-65)42-20-7-2-8-21-42/h1-40H. The third-order valence-electron chi connectivity index (χ3n) is 14.7. The lowest BCUT2D eigenvalue weighted by Crippen LogP contribution is -2.13. The summed E-state index contributed by atoms with van der Waals surface area (Å²) in [5, 5.41) is 2.54. The van der Waals surface area contributed by atoms with E-state index >= 15 is 13.2 Å². The van der Waals surface area contributed by atoms with Gasteiger partial charge in [-0.3, -0.25) is 0 Å². The van der Waals surface area contributed by atoms with Crippen molar-refractivity contribution in [3.05, 3.63) is 254 Å². The molecule has 10 aromatic carbocycles. The van der Waals surface area contributed by atoms with Gasteiger partial charge >= 0.3 is 12.4 Å². The smallest absolute Gasteiger partial charge is 0.309 e. The van der Waals surface area contributed by atoms with Crippen LogP contribution >= 0.6 is 0 Å². The van der Waals surface area contributed by atoms with Crippen LogP contribution in [0.15, 0.2) is 243 Å². The lowest BCUT2D eigenvalue weighted by molar-refractivity contribution is -0.138. The van der Waals surface area contributed by atoms with Gasteiger partial charge in [-0.25, -0.2) is 29.9 Å². The van der Waals surface area contributed by atoms with E-state index in [0.717, 1.165) is 40.5 Å². The highest BCUT2D eigenvalue weighted by molar-refractivity contribution is 6.12. The van der Waals surface area contributed by atoms with E-state index in [0.29, 0.717) is 89.7 Å². The number of benzene rings is 10. The first-order valence-electron chi connectivity index (χ1n) is 26.2. The van der Waals surface area contributed by atoms with Crippen LogP contribution in [0.3, 0.4) is 0 Å². The van der Waals surface area contributed by atoms with Crippen LogP contribution in [0, 0.1) is 0 Å². The van der Waals surface area contributed by atoms with Crippen LogP contribution < -0.4 is 0 Å². The molecule has 8 nitrogen and oxygen atoms in total. The predicted molar refractivity (Wildman–Crippen MR) is 310 cm³/mol. The normalized spacial score (nSPS) is 12.0. The Labute approximate surface area is 464 Å². The third-order valence-corrected chi connectivity index (χ3v) is 14.7. The third kappa shape index (κ3) is 8.86. The fourth-order valence-corrected chi connectivity index (χ4v) is 10.9. The molecule has 0 amide bonds. The molecule has 0 unspecified atom stereocenters. The van der Waals surface area contributed by atoms with Crippen molar-refractivity contribution in [2.45, 2.75) is 12.4 Å². The Morgan fingerprint density at radius 2 is 0.610 bits per heavy atom. The zero-order valence-electron chi connectivity index (χ0n) is 42.9. The average molecular weight is 1080 g/mol. The Kier molecular flexibility index (Phi) is 11.9. The Bertz CT molecular complexity index is 4660. The number of hydrogen-bond donors (Lipinski definition) is 0. The number of rotatable bonds is 9. The molecular formula is C68H40F6N8. The molecule has 4 aromatic heterocycles. The van der Waals surface area contributed by atoms with Crippen molar-refractivity contribution >= 4 is 43.6 Å². The quantitative estimate of drug-likeness (QED) is 0.134. The van der Waals surface area contributed by atoms with Gasteiger partial charge in [-0.15, -0.1) is 0 Å². The summed E-state index contributed by atoms with van der Waals surface area (Å²) in [6.45, 7) is 0. The molecule has 14 heteroatoms. The molecule has 14 rings (SSSR count). The molecular weight excluding hydrogens is 1040 g/mol. The number of aromatic nitrogens is 8. The van der Waals surface area contributed by atoms with Crippen molar-refractivity contribution in [1.29, 1.82) is 0 Å². The van der Waals surface area contributed by atoms with Crippen LogP contribution in [0.2, 0.25) is 0 Å². The highest BCUT2D eigenvalue weighted by atomic mass is 19.4. The number of nitrogens with zero attached hydrogens (tertiary/aromatic N) is 8. The Hall–Kier alpha value is -10.6. The van der Waals surface area contributed by atoms with Gasteiger partial charge in [0, 0.05) is 60.5 Å². The number of halogens is 6. The van der Waals surface area contributed by atoms with Gasteiger partial charge in [0.25, 0.3) is 0 Å². The average Bonchev–Trinajstić information content (AvgIpc) is 2.30. The van der Waals surface area contributed by atoms with E-state index in [2.05, 4.69) is 0 Å². The first-order valence-corrected chi connectivity index (χ1v) is 26.2. The second kappa shape index (κ2) is 19.6. The van der Waals surface area contributed by atoms with Crippen molar-refractivity contribution in [3.8, 4) is 90.8 Å². The van der Waals surface area contributed by atoms with Gasteiger partial charge in [0.05, 0.1) is 44.6 Å². The summed E-state index contributed by atoms with van der Waals surface area (Å²) in [5.74, 6) is 2.47. The Morgan fingerprint density at radius 3 is 1.01 bits per heavy atom. The van der Waals surface area contributed by atoms with Crippen molar-refractivity contribution in [3.63, 3.8) is 0 Å². The van der Waals surface area contributed by atoms with Gasteiger partial charge in [0.1, 0.15) is 0 Å². The first kappa shape index (κ1) is 49.7. The minimum atomic E-state index is -4.99. The van der Waals surface area contributed by atoms with Gasteiger partial charge in [-0.05, 0) is 78.4 Å². The molecule has 4 heterocycles. The number of alkyl halides is 6. The second-order valence-corrected chi connectivity index (χ2v) is 19.7. The minimum Gasteiger partial charge on any atom is -0.309 e. The Balaban J connectivity index is 0.996. The number of para-hydroxylation sites is 2. The molecule has 0 spiro atoms. The van der Waals surface area contributed by atoms with Gasteiger partial charge in [-0.2, -0.15) is 26.3 Å². The van der Waals surface area contributed by atoms with Crippen molar-refractivity contribution in [1.82, 2.24) is 39.0 Å². The highest BCUT2D eigenvalue weighted by Crippen LogP contribution is 2.46. The summed E-state index contributed by atoms with van der Waals surface area (Å²) in [6, 6.07) is 70.4. The monoisotopic (exact) mass is 1080 g/mol. The fraction of sp³-hybridized carbons (Fsp3) is 0.0294. The molecule has 394 valence electrons. The Morgan fingerprint density at radius 1 is 0.256 bits per heavy atom. The molecule has 0 saturated carbocycles. The molecule has 0 fully saturated rings. The molecule has 14 aromatic rings. The summed E-state index contributed by atoms with van der Waals surface area (Å²) >= 11 is 0. The zero-order chi connectivity index (χ0) is 55.7. The molecule has 0 atom stereocenters. The molecule has 0 saturated heterocycles.